The van der Waals surface area contributed by atoms with Crippen molar-refractivity contribution in [1.29, 1.82) is 0 Å². The van der Waals surface area contributed by atoms with Gasteiger partial charge in [-0.25, -0.2) is 24.0 Å². The van der Waals surface area contributed by atoms with Crippen LogP contribution in [-0.4, -0.2) is 127 Å². The maximum Gasteiger partial charge on any atom is 0.326 e. The number of rotatable bonds is 31. The van der Waals surface area contributed by atoms with Gasteiger partial charge in [-0.1, -0.05) is 62.2 Å². The molecule has 25 heteroatoms. The Morgan fingerprint density at radius 2 is 0.761 bits per heavy atom. The molecule has 0 radical (unpaired) electrons. The largest absolute Gasteiger partial charge is 0.480 e. The molecule has 0 aliphatic heterocycles. The molecule has 5 unspecified atom stereocenters. The van der Waals surface area contributed by atoms with Crippen LogP contribution in [0.1, 0.15) is 102 Å². The van der Waals surface area contributed by atoms with E-state index >= 15 is 0 Å². The number of alkyl halides is 2. The van der Waals surface area contributed by atoms with Crippen molar-refractivity contribution >= 4 is 103 Å². The molecule has 0 heterocycles. The lowest BCUT2D eigenvalue weighted by molar-refractivity contribution is -0.144. The van der Waals surface area contributed by atoms with Crippen molar-refractivity contribution in [3.8, 4) is 0 Å². The number of aldehydes is 1. The van der Waals surface area contributed by atoms with E-state index in [1.54, 1.807) is 36.4 Å². The molecule has 5 atom stereocenters. The Labute approximate surface area is 398 Å². The van der Waals surface area contributed by atoms with Gasteiger partial charge in [0.15, 0.2) is 0 Å². The number of carboxylic acids is 5. The zero-order chi connectivity index (χ0) is 50.2. The van der Waals surface area contributed by atoms with E-state index < -0.39 is 147 Å². The third-order valence-corrected chi connectivity index (χ3v) is 11.0. The smallest absolute Gasteiger partial charge is 0.326 e. The topological polar surface area (TPSA) is 378 Å². The van der Waals surface area contributed by atoms with E-state index in [9.17, 15) is 83.1 Å². The van der Waals surface area contributed by atoms with Crippen LogP contribution >= 0.6 is 31.9 Å². The third-order valence-electron chi connectivity index (χ3n) is 9.67. The van der Waals surface area contributed by atoms with E-state index in [0.717, 1.165) is 11.1 Å². The zero-order valence-corrected chi connectivity index (χ0v) is 38.8. The standard InChI is InChI=1S/C42H50Br2N6O17/c43-18-24-15-25(19-44)17-26(16-24)37(57)50-31(42(66)67)9-14-36(56)49-30(41(64)65)8-13-35(55)48-29(40(62)63)7-12-34(54)47-28(39(60)61)6-11-33(53)46-27(38(58)59)5-10-32(52)45-20-22-1-3-23(21-51)4-2-22/h1-4,15-17,21,27-31H,5-14,18-20H2,(H,45,52)(H,46,53)(H,47,54)(H,48,55)(H,49,56)(H,50,57)(H,58,59)(H,60,61)(H,62,63)(H,64,65)(H,66,67). The first kappa shape index (κ1) is 56.4. The van der Waals surface area contributed by atoms with Gasteiger partial charge in [0.1, 0.15) is 36.5 Å². The second-order valence-corrected chi connectivity index (χ2v) is 16.0. The molecule has 67 heavy (non-hydrogen) atoms. The molecule has 0 aliphatic rings. The van der Waals surface area contributed by atoms with Gasteiger partial charge in [0.25, 0.3) is 5.91 Å². The van der Waals surface area contributed by atoms with E-state index in [4.69, 9.17) is 0 Å². The Bertz CT molecular complexity index is 2130. The van der Waals surface area contributed by atoms with Crippen molar-refractivity contribution in [2.75, 3.05) is 0 Å². The Morgan fingerprint density at radius 1 is 0.448 bits per heavy atom. The molecule has 23 nitrogen and oxygen atoms in total. The molecule has 364 valence electrons. The lowest BCUT2D eigenvalue weighted by atomic mass is 10.1. The second-order valence-electron chi connectivity index (χ2n) is 14.8. The van der Waals surface area contributed by atoms with Crippen LogP contribution in [-0.2, 0) is 65.2 Å². The molecule has 2 aromatic carbocycles. The van der Waals surface area contributed by atoms with Crippen LogP contribution in [0.3, 0.4) is 0 Å². The van der Waals surface area contributed by atoms with E-state index in [-0.39, 0.29) is 24.9 Å². The van der Waals surface area contributed by atoms with Crippen molar-refractivity contribution in [1.82, 2.24) is 31.9 Å². The van der Waals surface area contributed by atoms with Gasteiger partial charge in [0.2, 0.25) is 29.5 Å². The first-order valence-corrected chi connectivity index (χ1v) is 22.6. The predicted octanol–water partition coefficient (Wildman–Crippen LogP) is 0.967. The lowest BCUT2D eigenvalue weighted by Crippen LogP contribution is -2.46. The van der Waals surface area contributed by atoms with Crippen molar-refractivity contribution in [2.24, 2.45) is 0 Å². The number of amides is 6. The zero-order valence-electron chi connectivity index (χ0n) is 35.6. The quantitative estimate of drug-likeness (QED) is 0.0370. The van der Waals surface area contributed by atoms with Gasteiger partial charge in [0.05, 0.1) is 0 Å². The Balaban J connectivity index is 1.84. The fraction of sp³-hybridized carbons (Fsp3) is 0.429. The number of benzene rings is 2. The molecule has 0 spiro atoms. The SMILES string of the molecule is O=Cc1ccc(CNC(=O)CCC(NC(=O)CCC(NC(=O)CCC(NC(=O)CCC(NC(=O)CCC(NC(=O)c2cc(CBr)cc(CBr)c2)C(=O)O)C(=O)O)C(=O)O)C(=O)O)C(=O)O)cc1. The summed E-state index contributed by atoms with van der Waals surface area (Å²) in [7, 11) is 0. The van der Waals surface area contributed by atoms with Gasteiger partial charge in [-0.15, -0.1) is 0 Å². The van der Waals surface area contributed by atoms with Crippen LogP contribution in [0.25, 0.3) is 0 Å². The molecule has 11 N–H and O–H groups in total. The predicted molar refractivity (Wildman–Crippen MR) is 239 cm³/mol. The fourth-order valence-corrected chi connectivity index (χ4v) is 6.67. The maximum atomic E-state index is 12.8. The molecule has 0 saturated heterocycles. The Kier molecular flexibility index (Phi) is 24.4. The minimum atomic E-state index is -1.72. The van der Waals surface area contributed by atoms with E-state index in [1.165, 1.54) is 0 Å². The summed E-state index contributed by atoms with van der Waals surface area (Å²) in [6.45, 7) is 0.0927. The van der Waals surface area contributed by atoms with Crippen LogP contribution in [0, 0.1) is 0 Å². The van der Waals surface area contributed by atoms with Crippen LogP contribution in [0.4, 0.5) is 0 Å². The minimum absolute atomic E-state index is 0.0927. The van der Waals surface area contributed by atoms with Crippen LogP contribution in [0.15, 0.2) is 42.5 Å². The fourth-order valence-electron chi connectivity index (χ4n) is 6.02. The molecule has 0 bridgehead atoms. The molecule has 0 aromatic heterocycles. The normalized spacial score (nSPS) is 12.9. The molecule has 2 rings (SSSR count). The molecule has 2 aromatic rings. The van der Waals surface area contributed by atoms with Crippen molar-refractivity contribution in [3.63, 3.8) is 0 Å². The van der Waals surface area contributed by atoms with E-state index in [2.05, 4.69) is 63.8 Å². The summed E-state index contributed by atoms with van der Waals surface area (Å²) in [6, 6.07) is 3.13. The molecule has 0 aliphatic carbocycles. The number of hydrogen-bond donors (Lipinski definition) is 11. The first-order chi connectivity index (χ1) is 31.6. The number of aliphatic carboxylic acids is 5. The summed E-state index contributed by atoms with van der Waals surface area (Å²) in [5.74, 6) is -12.8. The number of carbonyl (C=O) groups is 12. The Morgan fingerprint density at radius 3 is 1.06 bits per heavy atom. The average molecular weight is 1070 g/mol. The van der Waals surface area contributed by atoms with Crippen LogP contribution < -0.4 is 31.9 Å². The van der Waals surface area contributed by atoms with Gasteiger partial charge in [-0.3, -0.25) is 33.6 Å². The van der Waals surface area contributed by atoms with Crippen molar-refractivity contribution in [2.45, 2.75) is 112 Å². The molecule has 0 fully saturated rings. The van der Waals surface area contributed by atoms with Crippen LogP contribution in [0.5, 0.6) is 0 Å². The molecular formula is C42H50Br2N6O17. The minimum Gasteiger partial charge on any atom is -0.480 e. The number of hydrogen-bond acceptors (Lipinski definition) is 12. The third kappa shape index (κ3) is 21.4. The number of carbonyl (C=O) groups excluding carboxylic acids is 7. The highest BCUT2D eigenvalue weighted by atomic mass is 79.9. The number of carboxylic acid groups (broad SMARTS) is 5. The molecule has 0 saturated carbocycles. The highest BCUT2D eigenvalue weighted by Crippen LogP contribution is 2.17. The second kappa shape index (κ2) is 29.0. The lowest BCUT2D eigenvalue weighted by Gasteiger charge is -2.19. The monoisotopic (exact) mass is 1070 g/mol. The van der Waals surface area contributed by atoms with Gasteiger partial charge >= 0.3 is 29.8 Å². The summed E-state index contributed by atoms with van der Waals surface area (Å²) < 4.78 is 0. The highest BCUT2D eigenvalue weighted by Gasteiger charge is 2.28. The molecule has 6 amide bonds. The van der Waals surface area contributed by atoms with Crippen molar-refractivity contribution in [3.05, 3.63) is 70.3 Å². The van der Waals surface area contributed by atoms with Gasteiger partial charge in [-0.2, -0.15) is 0 Å². The van der Waals surface area contributed by atoms with Gasteiger partial charge in [0, 0.05) is 60.4 Å². The number of nitrogens with one attached hydrogen (secondary N) is 6. The average Bonchev–Trinajstić information content (AvgIpc) is 3.28. The van der Waals surface area contributed by atoms with E-state index in [0.29, 0.717) is 28.1 Å². The first-order valence-electron chi connectivity index (χ1n) is 20.3. The summed E-state index contributed by atoms with van der Waals surface area (Å²) in [4.78, 5) is 146. The van der Waals surface area contributed by atoms with Crippen LogP contribution in [0.2, 0.25) is 0 Å². The van der Waals surface area contributed by atoms with E-state index in [1.807, 2.05) is 6.07 Å². The number of halogens is 2. The summed E-state index contributed by atoms with van der Waals surface area (Å²) >= 11 is 6.60. The summed E-state index contributed by atoms with van der Waals surface area (Å²) in [5.41, 5.74) is 2.79. The summed E-state index contributed by atoms with van der Waals surface area (Å²) in [6.07, 6.45) is -4.44. The highest BCUT2D eigenvalue weighted by molar-refractivity contribution is 9.08. The van der Waals surface area contributed by atoms with Gasteiger partial charge in [-0.05, 0) is 60.9 Å². The maximum absolute atomic E-state index is 12.8. The van der Waals surface area contributed by atoms with Crippen molar-refractivity contribution < 1.29 is 83.1 Å². The summed E-state index contributed by atoms with van der Waals surface area (Å²) in [5, 5.41) is 62.4. The Hall–Kier alpha value is -6.76. The van der Waals surface area contributed by atoms with Gasteiger partial charge < -0.3 is 57.4 Å². The molecular weight excluding hydrogens is 1020 g/mol.